The van der Waals surface area contributed by atoms with Gasteiger partial charge in [0.25, 0.3) is 0 Å². The molecule has 20 heavy (non-hydrogen) atoms. The van der Waals surface area contributed by atoms with Gasteiger partial charge in [-0.05, 0) is 41.7 Å². The van der Waals surface area contributed by atoms with Crippen LogP contribution in [0.15, 0.2) is 36.7 Å². The van der Waals surface area contributed by atoms with Crippen molar-refractivity contribution in [2.45, 2.75) is 25.8 Å². The first-order valence-corrected chi connectivity index (χ1v) is 6.67. The van der Waals surface area contributed by atoms with Crippen LogP contribution in [-0.2, 0) is 12.8 Å². The van der Waals surface area contributed by atoms with Gasteiger partial charge in [0.1, 0.15) is 0 Å². The number of hydrogen-bond acceptors (Lipinski definition) is 3. The number of nitrogens with two attached hydrogens (primary N) is 1. The number of halogens is 1. The van der Waals surface area contributed by atoms with E-state index >= 15 is 0 Å². The minimum Gasteiger partial charge on any atom is -0.494 e. The molecule has 4 heteroatoms. The summed E-state index contributed by atoms with van der Waals surface area (Å²) in [5, 5.41) is 0. The quantitative estimate of drug-likeness (QED) is 0.911. The Bertz CT molecular complexity index is 586. The maximum atomic E-state index is 14.1. The first kappa shape index (κ1) is 14.5. The molecule has 0 saturated carbocycles. The zero-order valence-electron chi connectivity index (χ0n) is 11.8. The molecule has 0 bridgehead atoms. The molecule has 0 aliphatic carbocycles. The van der Waals surface area contributed by atoms with Gasteiger partial charge < -0.3 is 10.5 Å². The van der Waals surface area contributed by atoms with Crippen LogP contribution in [0, 0.1) is 5.82 Å². The lowest BCUT2D eigenvalue weighted by atomic mass is 9.95. The number of hydrogen-bond donors (Lipinski definition) is 1. The van der Waals surface area contributed by atoms with E-state index in [1.165, 1.54) is 7.11 Å². The Morgan fingerprint density at radius 3 is 2.80 bits per heavy atom. The Morgan fingerprint density at radius 1 is 1.30 bits per heavy atom. The number of benzene rings is 1. The standard InChI is InChI=1S/C16H19FN2O/c1-3-11-10-19-8-7-13(11)14(18)9-12-5-4-6-15(20-2)16(12)17/h4-8,10,14H,3,9,18H2,1-2H3. The van der Waals surface area contributed by atoms with E-state index in [0.717, 1.165) is 17.5 Å². The second-order valence-electron chi connectivity index (χ2n) is 4.67. The van der Waals surface area contributed by atoms with E-state index < -0.39 is 0 Å². The summed E-state index contributed by atoms with van der Waals surface area (Å²) in [6.45, 7) is 2.05. The predicted octanol–water partition coefficient (Wildman–Crippen LogP) is 3.03. The molecule has 0 amide bonds. The minimum absolute atomic E-state index is 0.250. The van der Waals surface area contributed by atoms with Crippen molar-refractivity contribution >= 4 is 0 Å². The molecule has 106 valence electrons. The number of methoxy groups -OCH3 is 1. The van der Waals surface area contributed by atoms with E-state index in [9.17, 15) is 4.39 Å². The van der Waals surface area contributed by atoms with Gasteiger partial charge in [0, 0.05) is 18.4 Å². The van der Waals surface area contributed by atoms with Crippen molar-refractivity contribution in [1.29, 1.82) is 0 Å². The van der Waals surface area contributed by atoms with Crippen molar-refractivity contribution in [3.63, 3.8) is 0 Å². The highest BCUT2D eigenvalue weighted by atomic mass is 19.1. The topological polar surface area (TPSA) is 48.1 Å². The fourth-order valence-electron chi connectivity index (χ4n) is 2.31. The molecule has 1 aromatic heterocycles. The summed E-state index contributed by atoms with van der Waals surface area (Å²) < 4.78 is 19.1. The van der Waals surface area contributed by atoms with E-state index in [4.69, 9.17) is 10.5 Å². The number of ether oxygens (including phenoxy) is 1. The minimum atomic E-state index is -0.336. The van der Waals surface area contributed by atoms with Gasteiger partial charge in [0.15, 0.2) is 11.6 Å². The average molecular weight is 274 g/mol. The molecule has 0 spiro atoms. The molecule has 1 aromatic carbocycles. The first-order chi connectivity index (χ1) is 9.67. The van der Waals surface area contributed by atoms with Crippen LogP contribution in [-0.4, -0.2) is 12.1 Å². The van der Waals surface area contributed by atoms with Gasteiger partial charge in [0.05, 0.1) is 7.11 Å². The smallest absolute Gasteiger partial charge is 0.168 e. The van der Waals surface area contributed by atoms with Crippen LogP contribution in [0.25, 0.3) is 0 Å². The lowest BCUT2D eigenvalue weighted by molar-refractivity contribution is 0.383. The Hall–Kier alpha value is -1.94. The number of rotatable bonds is 5. The van der Waals surface area contributed by atoms with Crippen LogP contribution in [0.3, 0.4) is 0 Å². The highest BCUT2D eigenvalue weighted by molar-refractivity contribution is 5.34. The molecular formula is C16H19FN2O. The van der Waals surface area contributed by atoms with Crippen molar-refractivity contribution in [2.24, 2.45) is 5.73 Å². The maximum absolute atomic E-state index is 14.1. The summed E-state index contributed by atoms with van der Waals surface area (Å²) >= 11 is 0. The van der Waals surface area contributed by atoms with Gasteiger partial charge >= 0.3 is 0 Å². The number of nitrogens with zero attached hydrogens (tertiary/aromatic N) is 1. The van der Waals surface area contributed by atoms with Crippen molar-refractivity contribution in [3.05, 3.63) is 59.2 Å². The Morgan fingerprint density at radius 2 is 2.10 bits per heavy atom. The second-order valence-corrected chi connectivity index (χ2v) is 4.67. The van der Waals surface area contributed by atoms with Gasteiger partial charge in [-0.3, -0.25) is 4.98 Å². The third-order valence-electron chi connectivity index (χ3n) is 3.42. The molecular weight excluding hydrogens is 255 g/mol. The average Bonchev–Trinajstić information content (AvgIpc) is 2.49. The summed E-state index contributed by atoms with van der Waals surface area (Å²) in [5.74, 6) is -0.0855. The molecule has 1 unspecified atom stereocenters. The van der Waals surface area contributed by atoms with Gasteiger partial charge in [-0.15, -0.1) is 0 Å². The van der Waals surface area contributed by atoms with Gasteiger partial charge in [0.2, 0.25) is 0 Å². The van der Waals surface area contributed by atoms with Crippen LogP contribution >= 0.6 is 0 Å². The van der Waals surface area contributed by atoms with Crippen molar-refractivity contribution in [2.75, 3.05) is 7.11 Å². The summed E-state index contributed by atoms with van der Waals surface area (Å²) in [6, 6.07) is 6.77. The lowest BCUT2D eigenvalue weighted by Gasteiger charge is -2.16. The number of pyridine rings is 1. The molecule has 1 atom stereocenters. The number of aromatic nitrogens is 1. The van der Waals surface area contributed by atoms with E-state index in [2.05, 4.69) is 11.9 Å². The third kappa shape index (κ3) is 2.96. The molecule has 0 aliphatic rings. The van der Waals surface area contributed by atoms with Crippen molar-refractivity contribution in [1.82, 2.24) is 4.98 Å². The van der Waals surface area contributed by atoms with Gasteiger partial charge in [-0.2, -0.15) is 0 Å². The fourth-order valence-corrected chi connectivity index (χ4v) is 2.31. The Kier molecular flexibility index (Phi) is 4.69. The van der Waals surface area contributed by atoms with Crippen molar-refractivity contribution < 1.29 is 9.13 Å². The van der Waals surface area contributed by atoms with E-state index in [1.54, 1.807) is 24.4 Å². The largest absolute Gasteiger partial charge is 0.494 e. The lowest BCUT2D eigenvalue weighted by Crippen LogP contribution is -2.16. The van der Waals surface area contributed by atoms with Crippen LogP contribution in [0.4, 0.5) is 4.39 Å². The zero-order chi connectivity index (χ0) is 14.5. The van der Waals surface area contributed by atoms with E-state index in [-0.39, 0.29) is 17.6 Å². The normalized spacial score (nSPS) is 12.2. The number of aryl methyl sites for hydroxylation is 1. The molecule has 0 fully saturated rings. The molecule has 0 radical (unpaired) electrons. The molecule has 1 heterocycles. The van der Waals surface area contributed by atoms with Gasteiger partial charge in [-0.1, -0.05) is 19.1 Å². The maximum Gasteiger partial charge on any atom is 0.168 e. The van der Waals surface area contributed by atoms with E-state index in [1.807, 2.05) is 12.3 Å². The van der Waals surface area contributed by atoms with Crippen LogP contribution in [0.5, 0.6) is 5.75 Å². The van der Waals surface area contributed by atoms with Crippen molar-refractivity contribution in [3.8, 4) is 5.75 Å². The molecule has 2 aromatic rings. The molecule has 2 rings (SSSR count). The van der Waals surface area contributed by atoms with Crippen LogP contribution in [0.2, 0.25) is 0 Å². The molecule has 2 N–H and O–H groups in total. The Labute approximate surface area is 118 Å². The highest BCUT2D eigenvalue weighted by Gasteiger charge is 2.15. The highest BCUT2D eigenvalue weighted by Crippen LogP contribution is 2.25. The summed E-state index contributed by atoms with van der Waals surface area (Å²) in [4.78, 5) is 4.10. The summed E-state index contributed by atoms with van der Waals surface area (Å²) in [7, 11) is 1.46. The van der Waals surface area contributed by atoms with Crippen LogP contribution in [0.1, 0.15) is 29.7 Å². The molecule has 0 aliphatic heterocycles. The SMILES string of the molecule is CCc1cnccc1C(N)Cc1cccc(OC)c1F. The first-order valence-electron chi connectivity index (χ1n) is 6.67. The Balaban J connectivity index is 2.26. The molecule has 0 saturated heterocycles. The molecule has 3 nitrogen and oxygen atoms in total. The van der Waals surface area contributed by atoms with Crippen LogP contribution < -0.4 is 10.5 Å². The summed E-state index contributed by atoms with van der Waals surface area (Å²) in [5.41, 5.74) is 8.91. The monoisotopic (exact) mass is 274 g/mol. The van der Waals surface area contributed by atoms with Gasteiger partial charge in [-0.25, -0.2) is 4.39 Å². The zero-order valence-corrected chi connectivity index (χ0v) is 11.8. The summed E-state index contributed by atoms with van der Waals surface area (Å²) in [6.07, 6.45) is 4.82. The predicted molar refractivity (Wildman–Crippen MR) is 77.2 cm³/mol. The van der Waals surface area contributed by atoms with E-state index in [0.29, 0.717) is 12.0 Å². The fraction of sp³-hybridized carbons (Fsp3) is 0.312. The third-order valence-corrected chi connectivity index (χ3v) is 3.42. The second kappa shape index (κ2) is 6.48.